The molecule has 1 atom stereocenters. The summed E-state index contributed by atoms with van der Waals surface area (Å²) in [7, 11) is 1.07. The molecule has 2 aromatic rings. The summed E-state index contributed by atoms with van der Waals surface area (Å²) in [6, 6.07) is 5.63. The van der Waals surface area contributed by atoms with Gasteiger partial charge in [-0.15, -0.1) is 0 Å². The lowest BCUT2D eigenvalue weighted by Gasteiger charge is -2.30. The lowest BCUT2D eigenvalue weighted by Crippen LogP contribution is -2.30. The van der Waals surface area contributed by atoms with Crippen LogP contribution in [0, 0.1) is 0 Å². The van der Waals surface area contributed by atoms with Gasteiger partial charge < -0.3 is 19.3 Å². The van der Waals surface area contributed by atoms with Crippen molar-refractivity contribution in [3.8, 4) is 22.6 Å². The Labute approximate surface area is 192 Å². The standard InChI is InChI=1S/C23H24BrF3O5/c1-22(2,3)32-20(21(29)30-4)18-14(23(25,26)27)11-15(24)19(28)17(18)13-7-8-16-12(10-13)6-5-9-31-16/h7-8,10-11,20,28H,5-6,9H2,1-4H3. The number of rotatable bonds is 4. The number of aromatic hydroxyl groups is 1. The molecule has 1 aliphatic rings. The number of phenols is 1. The molecule has 5 nitrogen and oxygen atoms in total. The van der Waals surface area contributed by atoms with Crippen molar-refractivity contribution in [2.75, 3.05) is 13.7 Å². The van der Waals surface area contributed by atoms with E-state index >= 15 is 0 Å². The van der Waals surface area contributed by atoms with Crippen LogP contribution >= 0.6 is 15.9 Å². The number of esters is 1. The summed E-state index contributed by atoms with van der Waals surface area (Å²) in [6.07, 6.45) is -5.11. The summed E-state index contributed by atoms with van der Waals surface area (Å²) < 4.78 is 58.5. The van der Waals surface area contributed by atoms with Crippen LogP contribution in [-0.4, -0.2) is 30.4 Å². The third kappa shape index (κ3) is 5.04. The summed E-state index contributed by atoms with van der Waals surface area (Å²) in [5, 5.41) is 10.9. The van der Waals surface area contributed by atoms with E-state index in [4.69, 9.17) is 14.2 Å². The number of phenolic OH excluding ortho intramolecular Hbond substituents is 1. The maximum absolute atomic E-state index is 14.2. The minimum Gasteiger partial charge on any atom is -0.506 e. The molecule has 2 aromatic carbocycles. The molecule has 0 amide bonds. The molecule has 0 saturated carbocycles. The molecule has 0 fully saturated rings. The molecule has 174 valence electrons. The van der Waals surface area contributed by atoms with E-state index < -0.39 is 40.7 Å². The van der Waals surface area contributed by atoms with Gasteiger partial charge in [0.25, 0.3) is 0 Å². The SMILES string of the molecule is COC(=O)C(OC(C)(C)C)c1c(C(F)(F)F)cc(Br)c(O)c1-c1ccc2c(c1)CCCO2. The van der Waals surface area contributed by atoms with Gasteiger partial charge in [0.05, 0.1) is 29.4 Å². The minimum atomic E-state index is -4.83. The van der Waals surface area contributed by atoms with Gasteiger partial charge in [-0.3, -0.25) is 0 Å². The fourth-order valence-electron chi connectivity index (χ4n) is 3.65. The average Bonchev–Trinajstić information content (AvgIpc) is 2.71. The largest absolute Gasteiger partial charge is 0.506 e. The second-order valence-corrected chi connectivity index (χ2v) is 9.30. The van der Waals surface area contributed by atoms with E-state index in [0.29, 0.717) is 24.3 Å². The zero-order chi connectivity index (χ0) is 23.8. The van der Waals surface area contributed by atoms with Crippen LogP contribution in [0.5, 0.6) is 11.5 Å². The van der Waals surface area contributed by atoms with Crippen molar-refractivity contribution < 1.29 is 37.3 Å². The van der Waals surface area contributed by atoms with Crippen molar-refractivity contribution in [1.82, 2.24) is 0 Å². The Balaban J connectivity index is 2.38. The number of hydrogen-bond donors (Lipinski definition) is 1. The number of halogens is 4. The van der Waals surface area contributed by atoms with Crippen molar-refractivity contribution in [3.63, 3.8) is 0 Å². The third-order valence-corrected chi connectivity index (χ3v) is 5.55. The zero-order valence-corrected chi connectivity index (χ0v) is 19.7. The molecule has 0 aromatic heterocycles. The predicted octanol–water partition coefficient (Wildman–Crippen LogP) is 6.19. The first-order valence-electron chi connectivity index (χ1n) is 9.97. The summed E-state index contributed by atoms with van der Waals surface area (Å²) in [4.78, 5) is 12.7. The molecule has 0 spiro atoms. The minimum absolute atomic E-state index is 0.153. The van der Waals surface area contributed by atoms with Crippen molar-refractivity contribution in [3.05, 3.63) is 45.4 Å². The average molecular weight is 517 g/mol. The van der Waals surface area contributed by atoms with E-state index in [-0.39, 0.29) is 10.0 Å². The summed E-state index contributed by atoms with van der Waals surface area (Å²) >= 11 is 3.03. The molecular formula is C23H24BrF3O5. The number of fused-ring (bicyclic) bond motifs is 1. The maximum Gasteiger partial charge on any atom is 0.416 e. The summed E-state index contributed by atoms with van der Waals surface area (Å²) in [6.45, 7) is 5.41. The highest BCUT2D eigenvalue weighted by Crippen LogP contribution is 2.49. The Bertz CT molecular complexity index is 1030. The number of alkyl halides is 3. The smallest absolute Gasteiger partial charge is 0.416 e. The molecule has 0 saturated heterocycles. The monoisotopic (exact) mass is 516 g/mol. The number of methoxy groups -OCH3 is 1. The van der Waals surface area contributed by atoms with Gasteiger partial charge in [-0.05, 0) is 78.9 Å². The van der Waals surface area contributed by atoms with Crippen LogP contribution in [0.25, 0.3) is 11.1 Å². The lowest BCUT2D eigenvalue weighted by atomic mass is 9.88. The van der Waals surface area contributed by atoms with Crippen LogP contribution in [0.3, 0.4) is 0 Å². The van der Waals surface area contributed by atoms with E-state index in [2.05, 4.69) is 15.9 Å². The van der Waals surface area contributed by atoms with Gasteiger partial charge in [0.1, 0.15) is 11.5 Å². The molecule has 0 aliphatic carbocycles. The quantitative estimate of drug-likeness (QED) is 0.490. The maximum atomic E-state index is 14.2. The second kappa shape index (κ2) is 8.94. The molecule has 1 N–H and O–H groups in total. The van der Waals surface area contributed by atoms with E-state index in [0.717, 1.165) is 25.2 Å². The van der Waals surface area contributed by atoms with Gasteiger partial charge >= 0.3 is 12.1 Å². The molecule has 32 heavy (non-hydrogen) atoms. The molecule has 3 rings (SSSR count). The third-order valence-electron chi connectivity index (χ3n) is 4.95. The zero-order valence-electron chi connectivity index (χ0n) is 18.1. The Hall–Kier alpha value is -2.26. The van der Waals surface area contributed by atoms with Gasteiger partial charge in [0, 0.05) is 11.1 Å². The summed E-state index contributed by atoms with van der Waals surface area (Å²) in [5.74, 6) is -0.798. The Morgan fingerprint density at radius 2 is 1.91 bits per heavy atom. The Kier molecular flexibility index (Phi) is 6.81. The van der Waals surface area contributed by atoms with E-state index in [1.54, 1.807) is 39.0 Å². The fourth-order valence-corrected chi connectivity index (χ4v) is 4.08. The first kappa shape index (κ1) is 24.4. The highest BCUT2D eigenvalue weighted by molar-refractivity contribution is 9.10. The first-order valence-corrected chi connectivity index (χ1v) is 10.8. The predicted molar refractivity (Wildman–Crippen MR) is 116 cm³/mol. The number of benzene rings is 2. The van der Waals surface area contributed by atoms with Crippen molar-refractivity contribution in [2.24, 2.45) is 0 Å². The van der Waals surface area contributed by atoms with Crippen LogP contribution in [0.15, 0.2) is 28.7 Å². The highest BCUT2D eigenvalue weighted by atomic mass is 79.9. The van der Waals surface area contributed by atoms with Crippen LogP contribution in [0.4, 0.5) is 13.2 Å². The van der Waals surface area contributed by atoms with E-state index in [9.17, 15) is 23.1 Å². The van der Waals surface area contributed by atoms with Gasteiger partial charge in [0.15, 0.2) is 6.10 Å². The van der Waals surface area contributed by atoms with Gasteiger partial charge in [-0.2, -0.15) is 13.2 Å². The molecule has 1 aliphatic heterocycles. The second-order valence-electron chi connectivity index (χ2n) is 8.45. The lowest BCUT2D eigenvalue weighted by molar-refractivity contribution is -0.166. The van der Waals surface area contributed by atoms with Crippen molar-refractivity contribution >= 4 is 21.9 Å². The van der Waals surface area contributed by atoms with Crippen molar-refractivity contribution in [1.29, 1.82) is 0 Å². The van der Waals surface area contributed by atoms with Crippen LogP contribution < -0.4 is 4.74 Å². The normalized spacial score (nSPS) is 15.0. The molecule has 1 unspecified atom stereocenters. The molecule has 9 heteroatoms. The fraction of sp³-hybridized carbons (Fsp3) is 0.435. The van der Waals surface area contributed by atoms with E-state index in [1.807, 2.05) is 0 Å². The topological polar surface area (TPSA) is 65.0 Å². The first-order chi connectivity index (χ1) is 14.8. The molecular weight excluding hydrogens is 493 g/mol. The highest BCUT2D eigenvalue weighted by Gasteiger charge is 2.42. The molecule has 0 bridgehead atoms. The van der Waals surface area contributed by atoms with E-state index in [1.165, 1.54) is 0 Å². The van der Waals surface area contributed by atoms with Crippen LogP contribution in [0.1, 0.15) is 50.0 Å². The number of carbonyl (C=O) groups excluding carboxylic acids is 1. The van der Waals surface area contributed by atoms with Crippen LogP contribution in [-0.2, 0) is 26.9 Å². The number of hydrogen-bond acceptors (Lipinski definition) is 5. The Morgan fingerprint density at radius 1 is 1.22 bits per heavy atom. The number of aryl methyl sites for hydroxylation is 1. The summed E-state index contributed by atoms with van der Waals surface area (Å²) in [5.41, 5.74) is -1.63. The number of ether oxygens (including phenoxy) is 3. The van der Waals surface area contributed by atoms with Crippen LogP contribution in [0.2, 0.25) is 0 Å². The van der Waals surface area contributed by atoms with Gasteiger partial charge in [0.2, 0.25) is 0 Å². The number of carbonyl (C=O) groups is 1. The van der Waals surface area contributed by atoms with Gasteiger partial charge in [-0.1, -0.05) is 6.07 Å². The van der Waals surface area contributed by atoms with Crippen molar-refractivity contribution in [2.45, 2.75) is 51.5 Å². The molecule has 0 radical (unpaired) electrons. The Morgan fingerprint density at radius 3 is 2.50 bits per heavy atom. The van der Waals surface area contributed by atoms with Gasteiger partial charge in [-0.25, -0.2) is 4.79 Å². The molecule has 1 heterocycles.